The van der Waals surface area contributed by atoms with Crippen LogP contribution < -0.4 is 5.32 Å². The number of carbonyl (C=O) groups excluding carboxylic acids is 2. The molecule has 2 rings (SSSR count). The van der Waals surface area contributed by atoms with Crippen LogP contribution in [0.2, 0.25) is 0 Å². The zero-order valence-corrected chi connectivity index (χ0v) is 14.2. The third-order valence-electron chi connectivity index (χ3n) is 4.33. The van der Waals surface area contributed by atoms with Crippen LogP contribution in [0.15, 0.2) is 24.3 Å². The van der Waals surface area contributed by atoms with E-state index in [2.05, 4.69) is 24.1 Å². The number of nitrogens with zero attached hydrogens (tertiary/aromatic N) is 2. The molecule has 1 fully saturated rings. The van der Waals surface area contributed by atoms with E-state index in [-0.39, 0.29) is 0 Å². The van der Waals surface area contributed by atoms with Gasteiger partial charge in [0, 0.05) is 31.9 Å². The molecule has 23 heavy (non-hydrogen) atoms. The third kappa shape index (κ3) is 5.06. The molecule has 5 nitrogen and oxygen atoms in total. The zero-order chi connectivity index (χ0) is 16.7. The summed E-state index contributed by atoms with van der Waals surface area (Å²) < 4.78 is 0. The number of likely N-dealkylation sites (N-methyl/N-ethyl adjacent to an activating group) is 1. The Labute approximate surface area is 138 Å². The number of aryl methyl sites for hydroxylation is 1. The first-order chi connectivity index (χ1) is 11.1. The molecule has 0 aliphatic carbocycles. The van der Waals surface area contributed by atoms with E-state index in [0.717, 1.165) is 38.9 Å². The van der Waals surface area contributed by atoms with Crippen LogP contribution in [0.5, 0.6) is 0 Å². The van der Waals surface area contributed by atoms with E-state index in [9.17, 15) is 9.59 Å². The van der Waals surface area contributed by atoms with Crippen LogP contribution in [0, 0.1) is 0 Å². The van der Waals surface area contributed by atoms with E-state index in [1.54, 1.807) is 4.90 Å². The number of benzene rings is 1. The molecule has 1 heterocycles. The lowest BCUT2D eigenvalue weighted by Gasteiger charge is -2.33. The zero-order valence-electron chi connectivity index (χ0n) is 14.2. The highest BCUT2D eigenvalue weighted by Crippen LogP contribution is 2.12. The van der Waals surface area contributed by atoms with Gasteiger partial charge in [-0.15, -0.1) is 0 Å². The average Bonchev–Trinajstić information content (AvgIpc) is 2.60. The van der Waals surface area contributed by atoms with E-state index in [1.807, 2.05) is 24.3 Å². The van der Waals surface area contributed by atoms with E-state index in [0.29, 0.717) is 18.8 Å². The summed E-state index contributed by atoms with van der Waals surface area (Å²) in [6.07, 6.45) is 3.37. The largest absolute Gasteiger partial charge is 0.332 e. The molecule has 2 amide bonds. The van der Waals surface area contributed by atoms with Gasteiger partial charge in [-0.3, -0.25) is 9.59 Å². The van der Waals surface area contributed by atoms with Crippen LogP contribution in [0.1, 0.15) is 32.3 Å². The molecular formula is C18H27N3O2. The molecule has 0 atom stereocenters. The summed E-state index contributed by atoms with van der Waals surface area (Å²) in [5, 5.41) is 2.70. The van der Waals surface area contributed by atoms with Crippen molar-refractivity contribution in [3.8, 4) is 0 Å². The number of nitrogens with one attached hydrogen (secondary N) is 1. The first-order valence-electron chi connectivity index (χ1n) is 8.55. The van der Waals surface area contributed by atoms with Gasteiger partial charge < -0.3 is 15.1 Å². The third-order valence-corrected chi connectivity index (χ3v) is 4.33. The quantitative estimate of drug-likeness (QED) is 0.847. The first kappa shape index (κ1) is 17.5. The van der Waals surface area contributed by atoms with Gasteiger partial charge in [-0.1, -0.05) is 32.4 Å². The van der Waals surface area contributed by atoms with E-state index in [1.165, 1.54) is 5.56 Å². The maximum atomic E-state index is 12.2. The van der Waals surface area contributed by atoms with Gasteiger partial charge >= 0.3 is 11.8 Å². The Morgan fingerprint density at radius 3 is 2.26 bits per heavy atom. The van der Waals surface area contributed by atoms with E-state index in [4.69, 9.17) is 0 Å². The SMILES string of the molecule is CCCCc1ccc(NC(=O)C(=O)N2CCN(CC)CC2)cc1. The highest BCUT2D eigenvalue weighted by atomic mass is 16.2. The van der Waals surface area contributed by atoms with Gasteiger partial charge in [0.05, 0.1) is 0 Å². The van der Waals surface area contributed by atoms with Crippen molar-refractivity contribution in [2.45, 2.75) is 33.1 Å². The number of hydrogen-bond acceptors (Lipinski definition) is 3. The normalized spacial score (nSPS) is 15.5. The predicted molar refractivity (Wildman–Crippen MR) is 92.4 cm³/mol. The monoisotopic (exact) mass is 317 g/mol. The molecule has 0 radical (unpaired) electrons. The fourth-order valence-electron chi connectivity index (χ4n) is 2.73. The Balaban J connectivity index is 1.85. The Morgan fingerprint density at radius 2 is 1.70 bits per heavy atom. The van der Waals surface area contributed by atoms with Crippen LogP contribution in [0.4, 0.5) is 5.69 Å². The lowest BCUT2D eigenvalue weighted by Crippen LogP contribution is -2.51. The number of unbranched alkanes of at least 4 members (excludes halogenated alkanes) is 1. The number of anilines is 1. The average molecular weight is 317 g/mol. The lowest BCUT2D eigenvalue weighted by molar-refractivity contribution is -0.144. The lowest BCUT2D eigenvalue weighted by atomic mass is 10.1. The second kappa shape index (κ2) is 8.67. The number of hydrogen-bond donors (Lipinski definition) is 1. The molecule has 0 spiro atoms. The standard InChI is InChI=1S/C18H27N3O2/c1-3-5-6-15-7-9-16(10-8-15)19-17(22)18(23)21-13-11-20(4-2)12-14-21/h7-10H,3-6,11-14H2,1-2H3,(H,19,22). The summed E-state index contributed by atoms with van der Waals surface area (Å²) in [5.41, 5.74) is 1.93. The molecule has 5 heteroatoms. The predicted octanol–water partition coefficient (Wildman–Crippen LogP) is 2.13. The first-order valence-corrected chi connectivity index (χ1v) is 8.55. The summed E-state index contributed by atoms with van der Waals surface area (Å²) in [7, 11) is 0. The summed E-state index contributed by atoms with van der Waals surface area (Å²) in [4.78, 5) is 28.2. The van der Waals surface area contributed by atoms with Crippen LogP contribution in [0.3, 0.4) is 0 Å². The van der Waals surface area contributed by atoms with Crippen molar-refractivity contribution in [2.75, 3.05) is 38.0 Å². The van der Waals surface area contributed by atoms with Crippen molar-refractivity contribution in [2.24, 2.45) is 0 Å². The van der Waals surface area contributed by atoms with E-state index >= 15 is 0 Å². The molecule has 1 aromatic carbocycles. The molecule has 1 aliphatic rings. The van der Waals surface area contributed by atoms with Crippen molar-refractivity contribution < 1.29 is 9.59 Å². The fraction of sp³-hybridized carbons (Fsp3) is 0.556. The minimum absolute atomic E-state index is 0.434. The van der Waals surface area contributed by atoms with Gasteiger partial charge in [-0.2, -0.15) is 0 Å². The number of carbonyl (C=O) groups is 2. The van der Waals surface area contributed by atoms with Gasteiger partial charge in [0.1, 0.15) is 0 Å². The second-order valence-corrected chi connectivity index (χ2v) is 5.98. The Hall–Kier alpha value is -1.88. The maximum absolute atomic E-state index is 12.2. The van der Waals surface area contributed by atoms with E-state index < -0.39 is 11.8 Å². The number of piperazine rings is 1. The second-order valence-electron chi connectivity index (χ2n) is 5.98. The summed E-state index contributed by atoms with van der Waals surface area (Å²) in [6.45, 7) is 8.17. The number of rotatable bonds is 5. The molecular weight excluding hydrogens is 290 g/mol. The van der Waals surface area contributed by atoms with Gasteiger partial charge in [0.15, 0.2) is 0 Å². The highest BCUT2D eigenvalue weighted by molar-refractivity contribution is 6.39. The molecule has 0 aromatic heterocycles. The highest BCUT2D eigenvalue weighted by Gasteiger charge is 2.25. The minimum Gasteiger partial charge on any atom is -0.332 e. The van der Waals surface area contributed by atoms with Gasteiger partial charge in [-0.25, -0.2) is 0 Å². The van der Waals surface area contributed by atoms with Crippen LogP contribution in [0.25, 0.3) is 0 Å². The molecule has 126 valence electrons. The number of amides is 2. The van der Waals surface area contributed by atoms with Crippen molar-refractivity contribution >= 4 is 17.5 Å². The molecule has 0 bridgehead atoms. The Morgan fingerprint density at radius 1 is 1.04 bits per heavy atom. The van der Waals surface area contributed by atoms with Crippen LogP contribution in [-0.4, -0.2) is 54.3 Å². The van der Waals surface area contributed by atoms with Crippen molar-refractivity contribution in [3.63, 3.8) is 0 Å². The topological polar surface area (TPSA) is 52.7 Å². The smallest absolute Gasteiger partial charge is 0.313 e. The molecule has 1 aromatic rings. The van der Waals surface area contributed by atoms with Gasteiger partial charge in [0.2, 0.25) is 0 Å². The van der Waals surface area contributed by atoms with Crippen molar-refractivity contribution in [3.05, 3.63) is 29.8 Å². The fourth-order valence-corrected chi connectivity index (χ4v) is 2.73. The Kier molecular flexibility index (Phi) is 6.59. The summed E-state index contributed by atoms with van der Waals surface area (Å²) >= 11 is 0. The molecule has 1 saturated heterocycles. The molecule has 0 unspecified atom stereocenters. The van der Waals surface area contributed by atoms with Crippen LogP contribution >= 0.6 is 0 Å². The summed E-state index contributed by atoms with van der Waals surface area (Å²) in [6, 6.07) is 7.75. The van der Waals surface area contributed by atoms with Crippen molar-refractivity contribution in [1.29, 1.82) is 0 Å². The van der Waals surface area contributed by atoms with Gasteiger partial charge in [-0.05, 0) is 37.1 Å². The van der Waals surface area contributed by atoms with Crippen LogP contribution in [-0.2, 0) is 16.0 Å². The molecule has 1 aliphatic heterocycles. The Bertz CT molecular complexity index is 520. The molecule has 1 N–H and O–H groups in total. The minimum atomic E-state index is -0.545. The van der Waals surface area contributed by atoms with Gasteiger partial charge in [0.25, 0.3) is 0 Å². The van der Waals surface area contributed by atoms with Crippen molar-refractivity contribution in [1.82, 2.24) is 9.80 Å². The maximum Gasteiger partial charge on any atom is 0.313 e. The molecule has 0 saturated carbocycles. The summed E-state index contributed by atoms with van der Waals surface area (Å²) in [5.74, 6) is -0.980.